The Hall–Kier alpha value is -1.99. The lowest BCUT2D eigenvalue weighted by Crippen LogP contribution is -2.41. The van der Waals surface area contributed by atoms with Crippen LogP contribution >= 0.6 is 0 Å². The van der Waals surface area contributed by atoms with Gasteiger partial charge in [0.15, 0.2) is 17.5 Å². The van der Waals surface area contributed by atoms with Gasteiger partial charge < -0.3 is 29.3 Å². The molecule has 1 aromatic carbocycles. The van der Waals surface area contributed by atoms with Crippen LogP contribution in [0.5, 0.6) is 11.5 Å². The molecule has 1 atom stereocenters. The van der Waals surface area contributed by atoms with E-state index in [0.29, 0.717) is 19.1 Å². The summed E-state index contributed by atoms with van der Waals surface area (Å²) in [7, 11) is 5.57. The van der Waals surface area contributed by atoms with E-state index in [4.69, 9.17) is 14.2 Å². The molecule has 29 heavy (non-hydrogen) atoms. The Bertz CT molecular complexity index is 628. The fourth-order valence-corrected chi connectivity index (χ4v) is 3.53. The summed E-state index contributed by atoms with van der Waals surface area (Å²) in [5.41, 5.74) is 1.12. The van der Waals surface area contributed by atoms with E-state index in [1.807, 2.05) is 19.2 Å². The van der Waals surface area contributed by atoms with Gasteiger partial charge in [0.2, 0.25) is 0 Å². The third-order valence-corrected chi connectivity index (χ3v) is 5.37. The fraction of sp³-hybridized carbons (Fsp3) is 0.682. The number of guanidine groups is 1. The van der Waals surface area contributed by atoms with Crippen molar-refractivity contribution in [2.45, 2.75) is 26.8 Å². The lowest BCUT2D eigenvalue weighted by molar-refractivity contribution is 0.181. The van der Waals surface area contributed by atoms with Gasteiger partial charge in [-0.15, -0.1) is 0 Å². The maximum atomic E-state index is 5.95. The number of hydrogen-bond acceptors (Lipinski definition) is 5. The molecular formula is C22H38N4O3. The molecule has 1 unspecified atom stereocenters. The predicted molar refractivity (Wildman–Crippen MR) is 118 cm³/mol. The normalized spacial score (nSPS) is 16.9. The van der Waals surface area contributed by atoms with Crippen molar-refractivity contribution in [2.24, 2.45) is 10.9 Å². The van der Waals surface area contributed by atoms with Gasteiger partial charge in [-0.2, -0.15) is 0 Å². The Morgan fingerprint density at radius 1 is 1.28 bits per heavy atom. The summed E-state index contributed by atoms with van der Waals surface area (Å²) < 4.78 is 17.0. The number of aliphatic imine (C=N–C) groups is 1. The summed E-state index contributed by atoms with van der Waals surface area (Å²) in [5.74, 6) is 3.00. The highest BCUT2D eigenvalue weighted by atomic mass is 16.5. The van der Waals surface area contributed by atoms with Gasteiger partial charge in [0, 0.05) is 46.3 Å². The molecule has 0 aromatic heterocycles. The highest BCUT2D eigenvalue weighted by Crippen LogP contribution is 2.28. The zero-order valence-corrected chi connectivity index (χ0v) is 18.7. The third-order valence-electron chi connectivity index (χ3n) is 5.37. The van der Waals surface area contributed by atoms with Crippen LogP contribution in [0.25, 0.3) is 0 Å². The van der Waals surface area contributed by atoms with E-state index < -0.39 is 0 Å². The molecule has 0 saturated carbocycles. The molecule has 0 radical (unpaired) electrons. The zero-order chi connectivity index (χ0) is 21.1. The first-order valence-corrected chi connectivity index (χ1v) is 10.6. The molecule has 1 heterocycles. The van der Waals surface area contributed by atoms with E-state index in [-0.39, 0.29) is 0 Å². The van der Waals surface area contributed by atoms with E-state index in [1.54, 1.807) is 7.11 Å². The number of hydrogen-bond donors (Lipinski definition) is 1. The first-order chi connectivity index (χ1) is 14.1. The van der Waals surface area contributed by atoms with Crippen LogP contribution in [-0.4, -0.2) is 83.0 Å². The van der Waals surface area contributed by atoms with Crippen LogP contribution < -0.4 is 14.8 Å². The Labute approximate surface area is 176 Å². The number of rotatable bonds is 11. The van der Waals surface area contributed by atoms with Crippen LogP contribution in [-0.2, 0) is 11.3 Å². The lowest BCUT2D eigenvalue weighted by Gasteiger charge is -2.24. The number of ether oxygens (including phenoxy) is 3. The van der Waals surface area contributed by atoms with Gasteiger partial charge in [0.1, 0.15) is 6.61 Å². The molecule has 0 bridgehead atoms. The van der Waals surface area contributed by atoms with Crippen LogP contribution in [0, 0.1) is 5.92 Å². The van der Waals surface area contributed by atoms with Gasteiger partial charge in [-0.25, -0.2) is 0 Å². The van der Waals surface area contributed by atoms with Crippen molar-refractivity contribution < 1.29 is 14.2 Å². The molecule has 0 aliphatic carbocycles. The molecule has 164 valence electrons. The van der Waals surface area contributed by atoms with Gasteiger partial charge in [0.05, 0.1) is 13.7 Å². The zero-order valence-electron chi connectivity index (χ0n) is 18.7. The standard InChI is InChI=1S/C22H38N4O3/c1-6-26(7-2)11-13-29-20-9-8-18(14-21(20)27-5)15-24-22(23-3)25(4)16-19-10-12-28-17-19/h8-9,14,19H,6-7,10-13,15-17H2,1-5H3,(H,23,24). The Kier molecular flexibility index (Phi) is 10.1. The Balaban J connectivity index is 1.87. The average Bonchev–Trinajstić information content (AvgIpc) is 3.25. The van der Waals surface area contributed by atoms with Crippen LogP contribution in [0.3, 0.4) is 0 Å². The van der Waals surface area contributed by atoms with Crippen molar-refractivity contribution in [1.29, 1.82) is 0 Å². The molecule has 1 aliphatic heterocycles. The molecule has 1 saturated heterocycles. The second-order valence-corrected chi connectivity index (χ2v) is 7.37. The number of nitrogens with one attached hydrogen (secondary N) is 1. The minimum absolute atomic E-state index is 0.575. The van der Waals surface area contributed by atoms with Crippen LogP contribution in [0.4, 0.5) is 0 Å². The van der Waals surface area contributed by atoms with Crippen molar-refractivity contribution in [2.75, 3.05) is 67.2 Å². The molecule has 1 N–H and O–H groups in total. The molecule has 1 aliphatic rings. The van der Waals surface area contributed by atoms with Crippen molar-refractivity contribution in [3.05, 3.63) is 23.8 Å². The minimum atomic E-state index is 0.575. The summed E-state index contributed by atoms with van der Waals surface area (Å²) >= 11 is 0. The fourth-order valence-electron chi connectivity index (χ4n) is 3.53. The van der Waals surface area contributed by atoms with Crippen LogP contribution in [0.2, 0.25) is 0 Å². The SMILES string of the molecule is CCN(CC)CCOc1ccc(CNC(=NC)N(C)CC2CCOC2)cc1OC. The van der Waals surface area contributed by atoms with Gasteiger partial charge in [-0.3, -0.25) is 4.99 Å². The largest absolute Gasteiger partial charge is 0.493 e. The molecule has 1 fully saturated rings. The monoisotopic (exact) mass is 406 g/mol. The van der Waals surface area contributed by atoms with E-state index in [1.165, 1.54) is 0 Å². The molecule has 0 spiro atoms. The molecular weight excluding hydrogens is 368 g/mol. The predicted octanol–water partition coefficient (Wildman–Crippen LogP) is 2.46. The summed E-state index contributed by atoms with van der Waals surface area (Å²) in [6, 6.07) is 6.08. The molecule has 0 amide bonds. The van der Waals surface area contributed by atoms with Gasteiger partial charge >= 0.3 is 0 Å². The van der Waals surface area contributed by atoms with E-state index in [9.17, 15) is 0 Å². The first kappa shape index (κ1) is 23.3. The Morgan fingerprint density at radius 2 is 2.07 bits per heavy atom. The summed E-state index contributed by atoms with van der Waals surface area (Å²) in [6.45, 7) is 11.3. The summed E-state index contributed by atoms with van der Waals surface area (Å²) in [6.07, 6.45) is 1.12. The summed E-state index contributed by atoms with van der Waals surface area (Å²) in [5, 5.41) is 3.44. The Morgan fingerprint density at radius 3 is 2.69 bits per heavy atom. The second kappa shape index (κ2) is 12.5. The highest BCUT2D eigenvalue weighted by molar-refractivity contribution is 5.79. The van der Waals surface area contributed by atoms with Crippen molar-refractivity contribution in [1.82, 2.24) is 15.1 Å². The average molecular weight is 407 g/mol. The quantitative estimate of drug-likeness (QED) is 0.450. The summed E-state index contributed by atoms with van der Waals surface area (Å²) in [4.78, 5) is 8.91. The molecule has 1 aromatic rings. The second-order valence-electron chi connectivity index (χ2n) is 7.37. The van der Waals surface area contributed by atoms with Crippen LogP contribution in [0.15, 0.2) is 23.2 Å². The minimum Gasteiger partial charge on any atom is -0.493 e. The van der Waals surface area contributed by atoms with Gasteiger partial charge in [0.25, 0.3) is 0 Å². The van der Waals surface area contributed by atoms with Crippen molar-refractivity contribution >= 4 is 5.96 Å². The number of nitrogens with zero attached hydrogens (tertiary/aromatic N) is 3. The van der Waals surface area contributed by atoms with E-state index in [2.05, 4.69) is 47.1 Å². The highest BCUT2D eigenvalue weighted by Gasteiger charge is 2.19. The molecule has 2 rings (SSSR count). The smallest absolute Gasteiger partial charge is 0.193 e. The molecule has 7 nitrogen and oxygen atoms in total. The number of benzene rings is 1. The van der Waals surface area contributed by atoms with Gasteiger partial charge in [-0.05, 0) is 37.2 Å². The van der Waals surface area contributed by atoms with Crippen LogP contribution in [0.1, 0.15) is 25.8 Å². The van der Waals surface area contributed by atoms with Crippen molar-refractivity contribution in [3.8, 4) is 11.5 Å². The lowest BCUT2D eigenvalue weighted by atomic mass is 10.1. The first-order valence-electron chi connectivity index (χ1n) is 10.6. The van der Waals surface area contributed by atoms with E-state index in [0.717, 1.165) is 68.8 Å². The number of likely N-dealkylation sites (N-methyl/N-ethyl adjacent to an activating group) is 1. The van der Waals surface area contributed by atoms with Gasteiger partial charge in [-0.1, -0.05) is 19.9 Å². The maximum absolute atomic E-state index is 5.95. The van der Waals surface area contributed by atoms with Crippen molar-refractivity contribution in [3.63, 3.8) is 0 Å². The number of methoxy groups -OCH3 is 1. The third kappa shape index (κ3) is 7.40. The topological polar surface area (TPSA) is 58.6 Å². The maximum Gasteiger partial charge on any atom is 0.193 e. The van der Waals surface area contributed by atoms with E-state index >= 15 is 0 Å². The molecule has 7 heteroatoms.